The number of amides is 1. The highest BCUT2D eigenvalue weighted by Crippen LogP contribution is 2.05. The average Bonchev–Trinajstić information content (AvgIpc) is 2.35. The van der Waals surface area contributed by atoms with Gasteiger partial charge in [-0.1, -0.05) is 13.8 Å². The maximum Gasteiger partial charge on any atom is 0.239 e. The summed E-state index contributed by atoms with van der Waals surface area (Å²) in [6.45, 7) is 7.77. The molecule has 0 aromatic carbocycles. The lowest BCUT2D eigenvalue weighted by Gasteiger charge is -2.09. The van der Waals surface area contributed by atoms with E-state index in [1.54, 1.807) is 12.4 Å². The molecule has 6 heteroatoms. The molecule has 0 aliphatic carbocycles. The molecule has 0 unspecified atom stereocenters. The van der Waals surface area contributed by atoms with Gasteiger partial charge in [0.1, 0.15) is 11.6 Å². The van der Waals surface area contributed by atoms with E-state index >= 15 is 0 Å². The molecule has 0 saturated heterocycles. The molecule has 100 valence electrons. The van der Waals surface area contributed by atoms with Crippen molar-refractivity contribution in [3.63, 3.8) is 0 Å². The van der Waals surface area contributed by atoms with Crippen LogP contribution in [0.5, 0.6) is 0 Å². The Bertz CT molecular complexity index is 380. The molecule has 1 aromatic heterocycles. The molecule has 1 heterocycles. The summed E-state index contributed by atoms with van der Waals surface area (Å²) in [5.74, 6) is 1.70. The van der Waals surface area contributed by atoms with Gasteiger partial charge in [0.05, 0.1) is 18.9 Å². The zero-order valence-electron chi connectivity index (χ0n) is 11.2. The van der Waals surface area contributed by atoms with Gasteiger partial charge in [0.25, 0.3) is 0 Å². The lowest BCUT2D eigenvalue weighted by atomic mass is 10.2. The normalized spacial score (nSPS) is 10.2. The summed E-state index contributed by atoms with van der Waals surface area (Å²) in [6, 6.07) is 0. The topological polar surface area (TPSA) is 78.9 Å². The Kier molecular flexibility index (Phi) is 5.90. The summed E-state index contributed by atoms with van der Waals surface area (Å²) in [4.78, 5) is 19.8. The van der Waals surface area contributed by atoms with Gasteiger partial charge in [-0.05, 0) is 12.8 Å². The second kappa shape index (κ2) is 7.47. The smallest absolute Gasteiger partial charge is 0.239 e. The van der Waals surface area contributed by atoms with E-state index in [-0.39, 0.29) is 12.5 Å². The van der Waals surface area contributed by atoms with E-state index < -0.39 is 0 Å². The maximum atomic E-state index is 11.5. The fourth-order valence-electron chi connectivity index (χ4n) is 1.27. The molecule has 1 rings (SSSR count). The van der Waals surface area contributed by atoms with Gasteiger partial charge < -0.3 is 16.0 Å². The first-order valence-electron chi connectivity index (χ1n) is 6.18. The second-order valence-electron chi connectivity index (χ2n) is 4.37. The molecule has 0 spiro atoms. The molecule has 0 fully saturated rings. The number of nitrogens with one attached hydrogen (secondary N) is 3. The Morgan fingerprint density at radius 1 is 1.28 bits per heavy atom. The van der Waals surface area contributed by atoms with Crippen LogP contribution in [0.1, 0.15) is 20.8 Å². The van der Waals surface area contributed by atoms with Gasteiger partial charge in [0.2, 0.25) is 5.91 Å². The molecule has 3 N–H and O–H groups in total. The molecular weight excluding hydrogens is 230 g/mol. The molecule has 0 bridgehead atoms. The Hall–Kier alpha value is -1.85. The molecule has 0 radical (unpaired) electrons. The first kappa shape index (κ1) is 14.2. The number of hydrogen-bond donors (Lipinski definition) is 3. The van der Waals surface area contributed by atoms with Gasteiger partial charge >= 0.3 is 0 Å². The molecule has 18 heavy (non-hydrogen) atoms. The molecule has 0 atom stereocenters. The van der Waals surface area contributed by atoms with E-state index in [1.807, 2.05) is 6.92 Å². The Balaban J connectivity index is 2.38. The average molecular weight is 251 g/mol. The van der Waals surface area contributed by atoms with Gasteiger partial charge in [-0.2, -0.15) is 0 Å². The van der Waals surface area contributed by atoms with E-state index in [2.05, 4.69) is 39.8 Å². The van der Waals surface area contributed by atoms with Crippen molar-refractivity contribution < 1.29 is 4.79 Å². The van der Waals surface area contributed by atoms with Gasteiger partial charge in [-0.3, -0.25) is 9.78 Å². The number of anilines is 2. The lowest BCUT2D eigenvalue weighted by Crippen LogP contribution is -2.32. The largest absolute Gasteiger partial charge is 0.369 e. The van der Waals surface area contributed by atoms with E-state index in [0.29, 0.717) is 24.1 Å². The van der Waals surface area contributed by atoms with Crippen molar-refractivity contribution in [3.8, 4) is 0 Å². The van der Waals surface area contributed by atoms with Crippen LogP contribution in [-0.2, 0) is 4.79 Å². The summed E-state index contributed by atoms with van der Waals surface area (Å²) in [6.07, 6.45) is 3.24. The van der Waals surface area contributed by atoms with Crippen LogP contribution >= 0.6 is 0 Å². The van der Waals surface area contributed by atoms with Gasteiger partial charge in [0, 0.05) is 13.1 Å². The van der Waals surface area contributed by atoms with E-state index in [0.717, 1.165) is 6.54 Å². The number of carbonyl (C=O) groups is 1. The van der Waals surface area contributed by atoms with Crippen LogP contribution in [0.15, 0.2) is 12.4 Å². The zero-order chi connectivity index (χ0) is 13.4. The van der Waals surface area contributed by atoms with Crippen molar-refractivity contribution >= 4 is 17.5 Å². The quantitative estimate of drug-likeness (QED) is 0.676. The van der Waals surface area contributed by atoms with Crippen molar-refractivity contribution in [1.82, 2.24) is 15.3 Å². The minimum absolute atomic E-state index is 0.0423. The van der Waals surface area contributed by atoms with Crippen LogP contribution in [-0.4, -0.2) is 35.5 Å². The highest BCUT2D eigenvalue weighted by Gasteiger charge is 2.03. The molecule has 6 nitrogen and oxygen atoms in total. The second-order valence-corrected chi connectivity index (χ2v) is 4.37. The Morgan fingerprint density at radius 3 is 2.56 bits per heavy atom. The van der Waals surface area contributed by atoms with E-state index in [1.165, 1.54) is 0 Å². The zero-order valence-corrected chi connectivity index (χ0v) is 11.2. The van der Waals surface area contributed by atoms with Crippen LogP contribution in [0.3, 0.4) is 0 Å². The monoisotopic (exact) mass is 251 g/mol. The van der Waals surface area contributed by atoms with Crippen LogP contribution in [0, 0.1) is 5.92 Å². The van der Waals surface area contributed by atoms with Crippen molar-refractivity contribution in [2.45, 2.75) is 20.8 Å². The maximum absolute atomic E-state index is 11.5. The number of hydrogen-bond acceptors (Lipinski definition) is 5. The van der Waals surface area contributed by atoms with Crippen LogP contribution in [0.25, 0.3) is 0 Å². The standard InChI is InChI=1S/C12H21N5O/c1-4-14-10-6-13-7-11(17-10)15-8-12(18)16-5-9(2)3/h6-7,9H,4-5,8H2,1-3H3,(H,16,18)(H2,14,15,17). The summed E-state index contributed by atoms with van der Waals surface area (Å²) in [7, 11) is 0. The molecular formula is C12H21N5O. The van der Waals surface area contributed by atoms with Gasteiger partial charge in [-0.15, -0.1) is 0 Å². The van der Waals surface area contributed by atoms with Crippen molar-refractivity contribution in [1.29, 1.82) is 0 Å². The first-order valence-corrected chi connectivity index (χ1v) is 6.18. The molecule has 0 aliphatic rings. The van der Waals surface area contributed by atoms with E-state index in [9.17, 15) is 4.79 Å². The summed E-state index contributed by atoms with van der Waals surface area (Å²) in [5, 5.41) is 8.83. The van der Waals surface area contributed by atoms with Crippen molar-refractivity contribution in [2.24, 2.45) is 5.92 Å². The Morgan fingerprint density at radius 2 is 1.94 bits per heavy atom. The Labute approximate surface area is 108 Å². The first-order chi connectivity index (χ1) is 8.61. The number of aromatic nitrogens is 2. The summed E-state index contributed by atoms with van der Waals surface area (Å²) in [5.41, 5.74) is 0. The molecule has 1 amide bonds. The third-order valence-corrected chi connectivity index (χ3v) is 2.13. The fourth-order valence-corrected chi connectivity index (χ4v) is 1.27. The fraction of sp³-hybridized carbons (Fsp3) is 0.583. The minimum atomic E-state index is -0.0423. The minimum Gasteiger partial charge on any atom is -0.369 e. The van der Waals surface area contributed by atoms with Crippen LogP contribution in [0.4, 0.5) is 11.6 Å². The number of carbonyl (C=O) groups excluding carboxylic acids is 1. The van der Waals surface area contributed by atoms with Gasteiger partial charge in [-0.25, -0.2) is 4.98 Å². The highest BCUT2D eigenvalue weighted by atomic mass is 16.1. The number of rotatable bonds is 7. The summed E-state index contributed by atoms with van der Waals surface area (Å²) >= 11 is 0. The molecule has 0 aliphatic heterocycles. The van der Waals surface area contributed by atoms with Crippen LogP contribution in [0.2, 0.25) is 0 Å². The lowest BCUT2D eigenvalue weighted by molar-refractivity contribution is -0.119. The predicted octanol–water partition coefficient (Wildman–Crippen LogP) is 1.09. The third kappa shape index (κ3) is 5.47. The van der Waals surface area contributed by atoms with E-state index in [4.69, 9.17) is 0 Å². The highest BCUT2D eigenvalue weighted by molar-refractivity contribution is 5.80. The van der Waals surface area contributed by atoms with Crippen LogP contribution < -0.4 is 16.0 Å². The number of nitrogens with zero attached hydrogens (tertiary/aromatic N) is 2. The van der Waals surface area contributed by atoms with Gasteiger partial charge in [0.15, 0.2) is 0 Å². The van der Waals surface area contributed by atoms with Crippen molar-refractivity contribution in [2.75, 3.05) is 30.3 Å². The molecule has 1 aromatic rings. The predicted molar refractivity (Wildman–Crippen MR) is 72.5 cm³/mol. The van der Waals surface area contributed by atoms with Crippen molar-refractivity contribution in [3.05, 3.63) is 12.4 Å². The molecule has 0 saturated carbocycles. The SMILES string of the molecule is CCNc1cncc(NCC(=O)NCC(C)C)n1. The summed E-state index contributed by atoms with van der Waals surface area (Å²) < 4.78 is 0. The third-order valence-electron chi connectivity index (χ3n) is 2.13.